The van der Waals surface area contributed by atoms with Crippen LogP contribution in [-0.4, -0.2) is 16.2 Å². The van der Waals surface area contributed by atoms with Crippen LogP contribution in [0.25, 0.3) is 0 Å². The lowest BCUT2D eigenvalue weighted by Gasteiger charge is -2.31. The number of carbonyl (C=O) groups is 1. The fraction of sp³-hybridized carbons (Fsp3) is 0.632. The molecule has 0 bridgehead atoms. The van der Waals surface area contributed by atoms with Crippen LogP contribution < -0.4 is 0 Å². The number of phenols is 1. The van der Waals surface area contributed by atoms with Crippen molar-refractivity contribution in [1.29, 1.82) is 0 Å². The van der Waals surface area contributed by atoms with E-state index in [-0.39, 0.29) is 17.3 Å². The van der Waals surface area contributed by atoms with Crippen molar-refractivity contribution in [1.82, 2.24) is 0 Å². The van der Waals surface area contributed by atoms with Crippen LogP contribution in [0.2, 0.25) is 0 Å². The van der Waals surface area contributed by atoms with E-state index in [1.165, 1.54) is 0 Å². The molecule has 0 aliphatic carbocycles. The highest BCUT2D eigenvalue weighted by Crippen LogP contribution is 2.42. The summed E-state index contributed by atoms with van der Waals surface area (Å²) in [6.07, 6.45) is 2.43. The molecule has 0 fully saturated rings. The summed E-state index contributed by atoms with van der Waals surface area (Å²) in [5, 5.41) is 19.7. The minimum atomic E-state index is -0.791. The van der Waals surface area contributed by atoms with Gasteiger partial charge in [0.15, 0.2) is 0 Å². The molecule has 0 atom stereocenters. The van der Waals surface area contributed by atoms with Crippen molar-refractivity contribution in [3.05, 3.63) is 28.8 Å². The van der Waals surface area contributed by atoms with Gasteiger partial charge in [0.1, 0.15) is 5.75 Å². The summed E-state index contributed by atoms with van der Waals surface area (Å²) in [6.45, 7) is 12.7. The predicted molar refractivity (Wildman–Crippen MR) is 90.7 cm³/mol. The molecule has 0 saturated heterocycles. The van der Waals surface area contributed by atoms with Crippen LogP contribution in [0.1, 0.15) is 77.5 Å². The number of aromatic hydroxyl groups is 1. The monoisotopic (exact) mass is 306 g/mol. The molecule has 2 N–H and O–H groups in total. The molecule has 0 spiro atoms. The van der Waals surface area contributed by atoms with Gasteiger partial charge in [-0.3, -0.25) is 4.79 Å². The molecule has 1 aromatic carbocycles. The summed E-state index contributed by atoms with van der Waals surface area (Å²) in [6, 6.07) is 3.97. The molecular weight excluding hydrogens is 276 g/mol. The molecule has 0 aromatic heterocycles. The van der Waals surface area contributed by atoms with Gasteiger partial charge in [-0.05, 0) is 35.7 Å². The Balaban J connectivity index is 3.47. The van der Waals surface area contributed by atoms with Crippen LogP contribution in [0, 0.1) is 0 Å². The number of hydrogen-bond acceptors (Lipinski definition) is 2. The molecule has 0 aliphatic heterocycles. The molecule has 124 valence electrons. The van der Waals surface area contributed by atoms with Gasteiger partial charge in [-0.2, -0.15) is 0 Å². The average molecular weight is 306 g/mol. The van der Waals surface area contributed by atoms with Gasteiger partial charge in [0.05, 0.1) is 0 Å². The topological polar surface area (TPSA) is 57.5 Å². The minimum Gasteiger partial charge on any atom is -0.507 e. The van der Waals surface area contributed by atoms with E-state index in [1.54, 1.807) is 0 Å². The lowest BCUT2D eigenvalue weighted by Crippen LogP contribution is -2.21. The summed E-state index contributed by atoms with van der Waals surface area (Å²) < 4.78 is 0. The molecular formula is C19H30O3. The number of carboxylic acids is 1. The second-order valence-electron chi connectivity index (χ2n) is 7.41. The summed E-state index contributed by atoms with van der Waals surface area (Å²) in [5.74, 6) is -0.418. The van der Waals surface area contributed by atoms with Crippen LogP contribution in [0.5, 0.6) is 5.75 Å². The first-order valence-electron chi connectivity index (χ1n) is 8.13. The number of phenolic OH excluding ortho intramolecular Hbond substituents is 1. The van der Waals surface area contributed by atoms with Crippen molar-refractivity contribution in [3.63, 3.8) is 0 Å². The Morgan fingerprint density at radius 2 is 1.41 bits per heavy atom. The first-order valence-corrected chi connectivity index (χ1v) is 8.13. The maximum atomic E-state index is 10.9. The highest BCUT2D eigenvalue weighted by Gasteiger charge is 2.29. The third kappa shape index (κ3) is 4.02. The van der Waals surface area contributed by atoms with Gasteiger partial charge in [-0.15, -0.1) is 0 Å². The van der Waals surface area contributed by atoms with Crippen LogP contribution >= 0.6 is 0 Å². The Morgan fingerprint density at radius 1 is 1.00 bits per heavy atom. The normalized spacial score (nSPS) is 12.5. The van der Waals surface area contributed by atoms with Gasteiger partial charge in [0.25, 0.3) is 0 Å². The van der Waals surface area contributed by atoms with Crippen LogP contribution in [0.3, 0.4) is 0 Å². The van der Waals surface area contributed by atoms with Crippen molar-refractivity contribution >= 4 is 5.97 Å². The number of rotatable bonds is 7. The third-order valence-electron chi connectivity index (χ3n) is 5.02. The maximum absolute atomic E-state index is 10.9. The van der Waals surface area contributed by atoms with E-state index in [2.05, 4.69) is 41.5 Å². The highest BCUT2D eigenvalue weighted by atomic mass is 16.4. The van der Waals surface area contributed by atoms with E-state index in [9.17, 15) is 9.90 Å². The zero-order valence-electron chi connectivity index (χ0n) is 14.8. The SMILES string of the molecule is CCC(C)(C)c1cc(CCC(=O)O)cc(C(C)(C)CC)c1O. The lowest BCUT2D eigenvalue weighted by molar-refractivity contribution is -0.136. The molecule has 22 heavy (non-hydrogen) atoms. The standard InChI is InChI=1S/C19H30O3/c1-7-18(3,4)14-11-13(9-10-16(20)21)12-15(17(14)22)19(5,6)8-2/h11-12,22H,7-10H2,1-6H3,(H,20,21). The summed E-state index contributed by atoms with van der Waals surface area (Å²) in [5.41, 5.74) is 2.57. The van der Waals surface area contributed by atoms with Gasteiger partial charge in [-0.1, -0.05) is 53.7 Å². The number of hydrogen-bond donors (Lipinski definition) is 2. The predicted octanol–water partition coefficient (Wildman–Crippen LogP) is 4.78. The molecule has 3 nitrogen and oxygen atoms in total. The summed E-state index contributed by atoms with van der Waals surface area (Å²) >= 11 is 0. The summed E-state index contributed by atoms with van der Waals surface area (Å²) in [4.78, 5) is 10.9. The third-order valence-corrected chi connectivity index (χ3v) is 5.02. The maximum Gasteiger partial charge on any atom is 0.303 e. The Morgan fingerprint density at radius 3 is 1.73 bits per heavy atom. The molecule has 0 saturated carbocycles. The zero-order valence-corrected chi connectivity index (χ0v) is 14.8. The zero-order chi connectivity index (χ0) is 17.1. The van der Waals surface area contributed by atoms with Crippen LogP contribution in [0.4, 0.5) is 0 Å². The quantitative estimate of drug-likeness (QED) is 0.762. The van der Waals surface area contributed by atoms with Gasteiger partial charge in [-0.25, -0.2) is 0 Å². The molecule has 1 rings (SSSR count). The Bertz CT molecular complexity index is 505. The fourth-order valence-corrected chi connectivity index (χ4v) is 2.50. The molecule has 0 heterocycles. The van der Waals surface area contributed by atoms with Crippen LogP contribution in [-0.2, 0) is 22.0 Å². The molecule has 0 aliphatic rings. The first kappa shape index (κ1) is 18.5. The van der Waals surface area contributed by atoms with Crippen molar-refractivity contribution < 1.29 is 15.0 Å². The molecule has 0 radical (unpaired) electrons. The largest absolute Gasteiger partial charge is 0.507 e. The van der Waals surface area contributed by atoms with E-state index in [4.69, 9.17) is 5.11 Å². The van der Waals surface area contributed by atoms with E-state index in [1.807, 2.05) is 12.1 Å². The van der Waals surface area contributed by atoms with Gasteiger partial charge < -0.3 is 10.2 Å². The van der Waals surface area contributed by atoms with Crippen molar-refractivity contribution in [2.24, 2.45) is 0 Å². The summed E-state index contributed by atoms with van der Waals surface area (Å²) in [7, 11) is 0. The smallest absolute Gasteiger partial charge is 0.303 e. The van der Waals surface area contributed by atoms with Gasteiger partial charge >= 0.3 is 5.97 Å². The van der Waals surface area contributed by atoms with Gasteiger partial charge in [0, 0.05) is 17.5 Å². The lowest BCUT2D eigenvalue weighted by atomic mass is 9.74. The molecule has 0 amide bonds. The van der Waals surface area contributed by atoms with Crippen molar-refractivity contribution in [2.75, 3.05) is 0 Å². The van der Waals surface area contributed by atoms with Crippen molar-refractivity contribution in [3.8, 4) is 5.75 Å². The second kappa shape index (κ2) is 6.72. The number of benzene rings is 1. The number of carboxylic acid groups (broad SMARTS) is 1. The molecule has 1 aromatic rings. The van der Waals surface area contributed by atoms with E-state index < -0.39 is 5.97 Å². The van der Waals surface area contributed by atoms with E-state index in [0.29, 0.717) is 12.2 Å². The van der Waals surface area contributed by atoms with Gasteiger partial charge in [0.2, 0.25) is 0 Å². The number of aliphatic carboxylic acids is 1. The van der Waals surface area contributed by atoms with E-state index >= 15 is 0 Å². The second-order valence-corrected chi connectivity index (χ2v) is 7.41. The Kier molecular flexibility index (Phi) is 5.66. The minimum absolute atomic E-state index is 0.114. The van der Waals surface area contributed by atoms with Crippen LogP contribution in [0.15, 0.2) is 12.1 Å². The highest BCUT2D eigenvalue weighted by molar-refractivity contribution is 5.67. The average Bonchev–Trinajstić information content (AvgIpc) is 2.45. The number of aryl methyl sites for hydroxylation is 1. The first-order chi connectivity index (χ1) is 10.0. The van der Waals surface area contributed by atoms with E-state index in [0.717, 1.165) is 29.5 Å². The van der Waals surface area contributed by atoms with Crippen molar-refractivity contribution in [2.45, 2.75) is 78.1 Å². The Labute approximate surface area is 134 Å². The molecule has 0 unspecified atom stereocenters. The Hall–Kier alpha value is -1.51. The fourth-order valence-electron chi connectivity index (χ4n) is 2.50. The molecule has 3 heteroatoms.